The van der Waals surface area contributed by atoms with E-state index in [1.165, 1.54) is 0 Å². The molecule has 88 valence electrons. The number of aryl methyl sites for hydroxylation is 1. The highest BCUT2D eigenvalue weighted by molar-refractivity contribution is 5.96. The normalized spacial score (nSPS) is 10.7. The lowest BCUT2D eigenvalue weighted by molar-refractivity contribution is 0.111. The zero-order valence-corrected chi connectivity index (χ0v) is 9.84. The van der Waals surface area contributed by atoms with E-state index in [-0.39, 0.29) is 0 Å². The van der Waals surface area contributed by atoms with Gasteiger partial charge >= 0.3 is 0 Å². The van der Waals surface area contributed by atoms with Crippen molar-refractivity contribution in [3.05, 3.63) is 47.9 Å². The first-order valence-electron chi connectivity index (χ1n) is 5.64. The Labute approximate surface area is 104 Å². The molecule has 4 nitrogen and oxygen atoms in total. The second kappa shape index (κ2) is 4.07. The van der Waals surface area contributed by atoms with E-state index in [2.05, 4.69) is 22.1 Å². The van der Waals surface area contributed by atoms with E-state index in [0.29, 0.717) is 5.69 Å². The monoisotopic (exact) mass is 237 g/mol. The van der Waals surface area contributed by atoms with Gasteiger partial charge in [0.1, 0.15) is 5.69 Å². The minimum atomic E-state index is 0.441. The average Bonchev–Trinajstić information content (AvgIpc) is 2.87. The first-order valence-corrected chi connectivity index (χ1v) is 5.64. The molecule has 2 aromatic heterocycles. The SMILES string of the molecule is Cc1ccc2[nH]ncc2c1-c1ccc(C=O)nc1. The Balaban J connectivity index is 2.26. The molecular weight excluding hydrogens is 226 g/mol. The van der Waals surface area contributed by atoms with Crippen LogP contribution in [0.15, 0.2) is 36.7 Å². The minimum absolute atomic E-state index is 0.441. The van der Waals surface area contributed by atoms with Crippen molar-refractivity contribution >= 4 is 17.2 Å². The Hall–Kier alpha value is -2.49. The first kappa shape index (κ1) is 10.7. The third-order valence-electron chi connectivity index (χ3n) is 3.03. The van der Waals surface area contributed by atoms with Crippen LogP contribution in [0.25, 0.3) is 22.0 Å². The first-order chi connectivity index (χ1) is 8.79. The lowest BCUT2D eigenvalue weighted by Crippen LogP contribution is -1.89. The van der Waals surface area contributed by atoms with Gasteiger partial charge in [-0.1, -0.05) is 12.1 Å². The molecule has 0 aliphatic carbocycles. The van der Waals surface area contributed by atoms with Crippen molar-refractivity contribution in [3.8, 4) is 11.1 Å². The number of rotatable bonds is 2. The van der Waals surface area contributed by atoms with Gasteiger partial charge in [-0.25, -0.2) is 0 Å². The zero-order chi connectivity index (χ0) is 12.5. The second-order valence-electron chi connectivity index (χ2n) is 4.18. The van der Waals surface area contributed by atoms with Crippen LogP contribution in [0.2, 0.25) is 0 Å². The number of nitrogens with one attached hydrogen (secondary N) is 1. The van der Waals surface area contributed by atoms with E-state index in [1.807, 2.05) is 24.4 Å². The summed E-state index contributed by atoms with van der Waals surface area (Å²) >= 11 is 0. The number of aromatic amines is 1. The van der Waals surface area contributed by atoms with E-state index in [9.17, 15) is 4.79 Å². The smallest absolute Gasteiger partial charge is 0.168 e. The maximum Gasteiger partial charge on any atom is 0.168 e. The predicted molar refractivity (Wildman–Crippen MR) is 69.4 cm³/mol. The van der Waals surface area contributed by atoms with Crippen molar-refractivity contribution in [1.29, 1.82) is 0 Å². The van der Waals surface area contributed by atoms with Crippen LogP contribution in [0.1, 0.15) is 16.1 Å². The third kappa shape index (κ3) is 1.59. The number of carbonyl (C=O) groups is 1. The Morgan fingerprint density at radius 3 is 2.78 bits per heavy atom. The van der Waals surface area contributed by atoms with Gasteiger partial charge in [0.15, 0.2) is 6.29 Å². The molecule has 4 heteroatoms. The van der Waals surface area contributed by atoms with Gasteiger partial charge in [-0.2, -0.15) is 5.10 Å². The molecule has 3 aromatic rings. The van der Waals surface area contributed by atoms with Crippen molar-refractivity contribution in [2.24, 2.45) is 0 Å². The molecule has 2 heterocycles. The summed E-state index contributed by atoms with van der Waals surface area (Å²) in [5.74, 6) is 0. The van der Waals surface area contributed by atoms with Crippen LogP contribution >= 0.6 is 0 Å². The summed E-state index contributed by atoms with van der Waals surface area (Å²) in [4.78, 5) is 14.7. The van der Waals surface area contributed by atoms with Gasteiger partial charge in [-0.05, 0) is 30.2 Å². The van der Waals surface area contributed by atoms with Crippen molar-refractivity contribution in [1.82, 2.24) is 15.2 Å². The summed E-state index contributed by atoms with van der Waals surface area (Å²) in [5, 5.41) is 8.08. The molecule has 0 spiro atoms. The highest BCUT2D eigenvalue weighted by Crippen LogP contribution is 2.30. The number of fused-ring (bicyclic) bond motifs is 1. The van der Waals surface area contributed by atoms with Crippen LogP contribution in [-0.4, -0.2) is 21.5 Å². The molecule has 0 amide bonds. The second-order valence-corrected chi connectivity index (χ2v) is 4.18. The van der Waals surface area contributed by atoms with Gasteiger partial charge < -0.3 is 0 Å². The van der Waals surface area contributed by atoms with Crippen LogP contribution in [0, 0.1) is 6.92 Å². The largest absolute Gasteiger partial charge is 0.296 e. The minimum Gasteiger partial charge on any atom is -0.296 e. The molecule has 0 unspecified atom stereocenters. The van der Waals surface area contributed by atoms with Crippen LogP contribution in [-0.2, 0) is 0 Å². The van der Waals surface area contributed by atoms with E-state index in [4.69, 9.17) is 0 Å². The highest BCUT2D eigenvalue weighted by Gasteiger charge is 2.09. The highest BCUT2D eigenvalue weighted by atomic mass is 16.1. The third-order valence-corrected chi connectivity index (χ3v) is 3.03. The standard InChI is InChI=1S/C14H11N3O/c1-9-2-5-13-12(7-16-17-13)14(9)10-3-4-11(8-18)15-6-10/h2-8H,1H3,(H,16,17). The predicted octanol–water partition coefficient (Wildman–Crippen LogP) is 2.75. The molecule has 0 fully saturated rings. The molecule has 0 bridgehead atoms. The van der Waals surface area contributed by atoms with Gasteiger partial charge in [-0.3, -0.25) is 14.9 Å². The fourth-order valence-corrected chi connectivity index (χ4v) is 2.13. The van der Waals surface area contributed by atoms with Gasteiger partial charge in [0.05, 0.1) is 11.7 Å². The van der Waals surface area contributed by atoms with Crippen molar-refractivity contribution in [3.63, 3.8) is 0 Å². The quantitative estimate of drug-likeness (QED) is 0.697. The van der Waals surface area contributed by atoms with E-state index in [0.717, 1.165) is 33.9 Å². The van der Waals surface area contributed by atoms with E-state index in [1.54, 1.807) is 12.3 Å². The molecule has 18 heavy (non-hydrogen) atoms. The molecule has 1 N–H and O–H groups in total. The zero-order valence-electron chi connectivity index (χ0n) is 9.84. The summed E-state index contributed by atoms with van der Waals surface area (Å²) in [6.45, 7) is 2.05. The maximum atomic E-state index is 10.6. The Kier molecular flexibility index (Phi) is 2.41. The average molecular weight is 237 g/mol. The fraction of sp³-hybridized carbons (Fsp3) is 0.0714. The Morgan fingerprint density at radius 1 is 1.17 bits per heavy atom. The molecule has 3 rings (SSSR count). The molecular formula is C14H11N3O. The number of hydrogen-bond donors (Lipinski definition) is 1. The van der Waals surface area contributed by atoms with Crippen LogP contribution in [0.5, 0.6) is 0 Å². The molecule has 0 aliphatic rings. The fourth-order valence-electron chi connectivity index (χ4n) is 2.13. The number of hydrogen-bond acceptors (Lipinski definition) is 3. The molecule has 1 aromatic carbocycles. The van der Waals surface area contributed by atoms with Crippen LogP contribution in [0.4, 0.5) is 0 Å². The maximum absolute atomic E-state index is 10.6. The Morgan fingerprint density at radius 2 is 2.06 bits per heavy atom. The summed E-state index contributed by atoms with van der Waals surface area (Å²) < 4.78 is 0. The summed E-state index contributed by atoms with van der Waals surface area (Å²) in [6.07, 6.45) is 4.28. The lowest BCUT2D eigenvalue weighted by atomic mass is 9.98. The number of pyridine rings is 1. The molecule has 0 atom stereocenters. The number of H-pyrrole nitrogens is 1. The summed E-state index contributed by atoms with van der Waals surface area (Å²) in [7, 11) is 0. The molecule has 0 radical (unpaired) electrons. The number of aromatic nitrogens is 3. The van der Waals surface area contributed by atoms with Crippen LogP contribution in [0.3, 0.4) is 0 Å². The summed E-state index contributed by atoms with van der Waals surface area (Å²) in [6, 6.07) is 7.68. The van der Waals surface area contributed by atoms with Crippen molar-refractivity contribution < 1.29 is 4.79 Å². The molecule has 0 saturated heterocycles. The van der Waals surface area contributed by atoms with Crippen molar-refractivity contribution in [2.75, 3.05) is 0 Å². The number of nitrogens with zero attached hydrogens (tertiary/aromatic N) is 2. The van der Waals surface area contributed by atoms with Crippen molar-refractivity contribution in [2.45, 2.75) is 6.92 Å². The number of carbonyl (C=O) groups excluding carboxylic acids is 1. The molecule has 0 aliphatic heterocycles. The molecule has 0 saturated carbocycles. The number of aldehydes is 1. The topological polar surface area (TPSA) is 58.6 Å². The van der Waals surface area contributed by atoms with Gasteiger partial charge in [0.25, 0.3) is 0 Å². The van der Waals surface area contributed by atoms with Crippen LogP contribution < -0.4 is 0 Å². The van der Waals surface area contributed by atoms with Gasteiger partial charge in [0.2, 0.25) is 0 Å². The van der Waals surface area contributed by atoms with Gasteiger partial charge in [0, 0.05) is 17.1 Å². The van der Waals surface area contributed by atoms with E-state index >= 15 is 0 Å². The van der Waals surface area contributed by atoms with Gasteiger partial charge in [-0.15, -0.1) is 0 Å². The lowest BCUT2D eigenvalue weighted by Gasteiger charge is -2.07. The Bertz CT molecular complexity index is 713. The van der Waals surface area contributed by atoms with E-state index < -0.39 is 0 Å². The summed E-state index contributed by atoms with van der Waals surface area (Å²) in [5.41, 5.74) is 4.69. The number of benzene rings is 1.